The Kier molecular flexibility index (Phi) is 5.37. The van der Waals surface area contributed by atoms with E-state index in [0.29, 0.717) is 5.92 Å². The number of amidine groups is 1. The van der Waals surface area contributed by atoms with Gasteiger partial charge in [0.15, 0.2) is 0 Å². The van der Waals surface area contributed by atoms with E-state index in [1.165, 1.54) is 29.6 Å². The Labute approximate surface area is 134 Å². The second-order valence-corrected chi connectivity index (χ2v) is 6.18. The summed E-state index contributed by atoms with van der Waals surface area (Å²) in [6.07, 6.45) is 5.40. The molecule has 0 spiro atoms. The first-order valence-electron chi connectivity index (χ1n) is 7.88. The maximum atomic E-state index is 4.69. The fraction of sp³-hybridized carbons (Fsp3) is 0.350. The molecular weight excluding hydrogens is 268 g/mol. The van der Waals surface area contributed by atoms with E-state index in [1.54, 1.807) is 0 Å². The van der Waals surface area contributed by atoms with E-state index in [1.807, 2.05) is 13.0 Å². The van der Waals surface area contributed by atoms with Crippen molar-refractivity contribution < 1.29 is 0 Å². The summed E-state index contributed by atoms with van der Waals surface area (Å²) in [4.78, 5) is 4.69. The van der Waals surface area contributed by atoms with E-state index in [4.69, 9.17) is 4.99 Å². The topological polar surface area (TPSA) is 24.4 Å². The number of nitrogens with zero attached hydrogens (tertiary/aromatic N) is 1. The zero-order valence-electron chi connectivity index (χ0n) is 13.9. The van der Waals surface area contributed by atoms with Gasteiger partial charge in [-0.3, -0.25) is 0 Å². The Morgan fingerprint density at radius 1 is 1.32 bits per heavy atom. The molecule has 1 aromatic carbocycles. The average Bonchev–Trinajstić information content (AvgIpc) is 3.23. The number of benzene rings is 1. The van der Waals surface area contributed by atoms with Gasteiger partial charge in [-0.25, -0.2) is 4.99 Å². The molecule has 0 heterocycles. The molecule has 0 bridgehead atoms. The van der Waals surface area contributed by atoms with Crippen molar-refractivity contribution >= 4 is 11.5 Å². The fourth-order valence-corrected chi connectivity index (χ4v) is 2.66. The van der Waals surface area contributed by atoms with Gasteiger partial charge in [0, 0.05) is 11.4 Å². The lowest BCUT2D eigenvalue weighted by Crippen LogP contribution is -2.08. The van der Waals surface area contributed by atoms with E-state index in [-0.39, 0.29) is 0 Å². The highest BCUT2D eigenvalue weighted by Gasteiger charge is 2.25. The van der Waals surface area contributed by atoms with Crippen LogP contribution < -0.4 is 5.32 Å². The van der Waals surface area contributed by atoms with Crippen molar-refractivity contribution in [3.63, 3.8) is 0 Å². The molecule has 0 aliphatic heterocycles. The molecule has 116 valence electrons. The quantitative estimate of drug-likeness (QED) is 0.318. The van der Waals surface area contributed by atoms with Gasteiger partial charge in [0.25, 0.3) is 0 Å². The number of hydrogen-bond donors (Lipinski definition) is 1. The van der Waals surface area contributed by atoms with Crippen molar-refractivity contribution in [2.75, 3.05) is 5.32 Å². The lowest BCUT2D eigenvalue weighted by Gasteiger charge is -2.09. The average molecular weight is 294 g/mol. The van der Waals surface area contributed by atoms with Crippen LogP contribution in [0.3, 0.4) is 0 Å². The maximum absolute atomic E-state index is 4.69. The minimum Gasteiger partial charge on any atom is -0.344 e. The van der Waals surface area contributed by atoms with E-state index < -0.39 is 0 Å². The summed E-state index contributed by atoms with van der Waals surface area (Å²) in [5.74, 6) is 1.58. The molecule has 1 fully saturated rings. The van der Waals surface area contributed by atoms with Crippen molar-refractivity contribution in [1.29, 1.82) is 0 Å². The minimum absolute atomic E-state index is 0.674. The molecule has 0 saturated heterocycles. The van der Waals surface area contributed by atoms with Crippen LogP contribution in [0, 0.1) is 5.92 Å². The summed E-state index contributed by atoms with van der Waals surface area (Å²) in [7, 11) is 0. The minimum atomic E-state index is 0.674. The summed E-state index contributed by atoms with van der Waals surface area (Å²) in [6.45, 7) is 14.0. The van der Waals surface area contributed by atoms with E-state index >= 15 is 0 Å². The van der Waals surface area contributed by atoms with Crippen LogP contribution in [0.25, 0.3) is 0 Å². The van der Waals surface area contributed by atoms with E-state index in [9.17, 15) is 0 Å². The third-order valence-electron chi connectivity index (χ3n) is 3.75. The molecule has 1 aliphatic carbocycles. The summed E-state index contributed by atoms with van der Waals surface area (Å²) >= 11 is 0. The van der Waals surface area contributed by atoms with Gasteiger partial charge in [-0.05, 0) is 69.2 Å². The molecule has 1 aromatic rings. The maximum Gasteiger partial charge on any atom is 0.103 e. The number of nitrogens with one attached hydrogen (secondary N) is 1. The third-order valence-corrected chi connectivity index (χ3v) is 3.75. The standard InChI is InChI=1S/C20H26N2/c1-6-20(18-10-11-18)15(4)21-16(5)22-19-9-7-8-17(13-19)12-14(2)3/h6-9,13,18H,1-2,10-12H2,3-5H3,(H,21,22)/b20-15+. The number of rotatable bonds is 6. The van der Waals surface area contributed by atoms with Crippen LogP contribution in [0.5, 0.6) is 0 Å². The third kappa shape index (κ3) is 4.73. The van der Waals surface area contributed by atoms with E-state index in [0.717, 1.165) is 23.6 Å². The summed E-state index contributed by atoms with van der Waals surface area (Å²) < 4.78 is 0. The second kappa shape index (κ2) is 7.26. The number of allylic oxidation sites excluding steroid dienone is 4. The summed E-state index contributed by atoms with van der Waals surface area (Å²) in [5, 5.41) is 3.38. The van der Waals surface area contributed by atoms with Crippen LogP contribution in [0.2, 0.25) is 0 Å². The molecule has 22 heavy (non-hydrogen) atoms. The van der Waals surface area contributed by atoms with Crippen LogP contribution in [0.15, 0.2) is 65.3 Å². The highest BCUT2D eigenvalue weighted by Crippen LogP contribution is 2.38. The lowest BCUT2D eigenvalue weighted by atomic mass is 10.1. The molecule has 0 aromatic heterocycles. The van der Waals surface area contributed by atoms with Gasteiger partial charge in [0.05, 0.1) is 0 Å². The Hall–Kier alpha value is -2.09. The molecule has 0 atom stereocenters. The van der Waals surface area contributed by atoms with Crippen LogP contribution in [-0.4, -0.2) is 5.84 Å². The van der Waals surface area contributed by atoms with Gasteiger partial charge < -0.3 is 5.32 Å². The van der Waals surface area contributed by atoms with Gasteiger partial charge in [-0.1, -0.05) is 36.9 Å². The lowest BCUT2D eigenvalue weighted by molar-refractivity contribution is 1.01. The monoisotopic (exact) mass is 294 g/mol. The molecule has 2 rings (SSSR count). The first-order chi connectivity index (χ1) is 10.5. The first kappa shape index (κ1) is 16.3. The Morgan fingerprint density at radius 2 is 2.05 bits per heavy atom. The predicted molar refractivity (Wildman–Crippen MR) is 97.3 cm³/mol. The summed E-state index contributed by atoms with van der Waals surface area (Å²) in [6, 6.07) is 8.41. The molecule has 2 nitrogen and oxygen atoms in total. The Bertz CT molecular complexity index is 631. The second-order valence-electron chi connectivity index (χ2n) is 6.18. The largest absolute Gasteiger partial charge is 0.344 e. The number of hydrogen-bond acceptors (Lipinski definition) is 1. The summed E-state index contributed by atoms with van der Waals surface area (Å²) in [5.41, 5.74) is 5.86. The van der Waals surface area contributed by atoms with Gasteiger partial charge in [-0.15, -0.1) is 0 Å². The van der Waals surface area contributed by atoms with Gasteiger partial charge in [-0.2, -0.15) is 0 Å². The highest BCUT2D eigenvalue weighted by molar-refractivity contribution is 5.94. The molecular formula is C20H26N2. The molecule has 1 saturated carbocycles. The van der Waals surface area contributed by atoms with Crippen molar-refractivity contribution in [3.05, 3.63) is 65.9 Å². The Balaban J connectivity index is 2.10. The van der Waals surface area contributed by atoms with Crippen molar-refractivity contribution in [2.45, 2.75) is 40.0 Å². The smallest absolute Gasteiger partial charge is 0.103 e. The molecule has 1 N–H and O–H groups in total. The molecule has 1 aliphatic rings. The van der Waals surface area contributed by atoms with Crippen molar-refractivity contribution in [2.24, 2.45) is 10.9 Å². The fourth-order valence-electron chi connectivity index (χ4n) is 2.66. The molecule has 0 amide bonds. The predicted octanol–water partition coefficient (Wildman–Crippen LogP) is 5.51. The zero-order valence-corrected chi connectivity index (χ0v) is 13.9. The normalized spacial score (nSPS) is 16.0. The van der Waals surface area contributed by atoms with E-state index in [2.05, 4.69) is 56.6 Å². The highest BCUT2D eigenvalue weighted by atomic mass is 15.0. The molecule has 0 unspecified atom stereocenters. The van der Waals surface area contributed by atoms with Gasteiger partial charge in [0.2, 0.25) is 0 Å². The van der Waals surface area contributed by atoms with Gasteiger partial charge in [0.1, 0.15) is 5.84 Å². The van der Waals surface area contributed by atoms with Crippen molar-refractivity contribution in [1.82, 2.24) is 0 Å². The van der Waals surface area contributed by atoms with Crippen LogP contribution in [0.4, 0.5) is 5.69 Å². The van der Waals surface area contributed by atoms with Crippen LogP contribution in [0.1, 0.15) is 39.2 Å². The molecule has 0 radical (unpaired) electrons. The molecule has 2 heteroatoms. The SMILES string of the molecule is C=C/C(=C(/C)N=C(C)Nc1cccc(CC(=C)C)c1)C1CC1. The Morgan fingerprint density at radius 3 is 2.64 bits per heavy atom. The first-order valence-corrected chi connectivity index (χ1v) is 7.88. The van der Waals surface area contributed by atoms with Crippen LogP contribution in [-0.2, 0) is 6.42 Å². The van der Waals surface area contributed by atoms with Crippen molar-refractivity contribution in [3.8, 4) is 0 Å². The zero-order chi connectivity index (χ0) is 16.1. The number of anilines is 1. The number of aliphatic imine (C=N–C) groups is 1. The van der Waals surface area contributed by atoms with Gasteiger partial charge >= 0.3 is 0 Å². The van der Waals surface area contributed by atoms with Crippen LogP contribution >= 0.6 is 0 Å².